The summed E-state index contributed by atoms with van der Waals surface area (Å²) >= 11 is 0. The van der Waals surface area contributed by atoms with Gasteiger partial charge in [-0.2, -0.15) is 0 Å². The number of morpholine rings is 1. The van der Waals surface area contributed by atoms with Crippen molar-refractivity contribution in [1.29, 1.82) is 0 Å². The second-order valence-corrected chi connectivity index (χ2v) is 7.47. The van der Waals surface area contributed by atoms with Crippen LogP contribution >= 0.6 is 0 Å². The lowest BCUT2D eigenvalue weighted by atomic mass is 10.0. The zero-order valence-electron chi connectivity index (χ0n) is 14.7. The summed E-state index contributed by atoms with van der Waals surface area (Å²) in [6, 6.07) is 12.6. The lowest BCUT2D eigenvalue weighted by molar-refractivity contribution is 0.0946. The van der Waals surface area contributed by atoms with E-state index in [1.54, 1.807) is 6.20 Å². The fourth-order valence-corrected chi connectivity index (χ4v) is 4.63. The van der Waals surface area contributed by atoms with E-state index in [4.69, 9.17) is 4.74 Å². The third-order valence-electron chi connectivity index (χ3n) is 6.05. The molecule has 1 aromatic carbocycles. The highest BCUT2D eigenvalue weighted by molar-refractivity contribution is 5.93. The van der Waals surface area contributed by atoms with Gasteiger partial charge in [-0.3, -0.25) is 9.78 Å². The van der Waals surface area contributed by atoms with Crippen LogP contribution in [0.3, 0.4) is 0 Å². The van der Waals surface area contributed by atoms with Crippen LogP contribution in [-0.2, 0) is 11.2 Å². The van der Waals surface area contributed by atoms with E-state index < -0.39 is 0 Å². The van der Waals surface area contributed by atoms with Crippen molar-refractivity contribution in [2.75, 3.05) is 37.7 Å². The monoisotopic (exact) mass is 349 g/mol. The number of anilines is 1. The molecule has 1 amide bonds. The van der Waals surface area contributed by atoms with Crippen LogP contribution in [0.4, 0.5) is 5.69 Å². The molecule has 1 aromatic heterocycles. The van der Waals surface area contributed by atoms with Gasteiger partial charge in [0.15, 0.2) is 0 Å². The van der Waals surface area contributed by atoms with Crippen molar-refractivity contribution >= 4 is 11.6 Å². The quantitative estimate of drug-likeness (QED) is 0.920. The van der Waals surface area contributed by atoms with Gasteiger partial charge in [0.25, 0.3) is 5.91 Å². The third kappa shape index (κ3) is 2.76. The standard InChI is InChI=1S/C21H23N3O2/c25-21(19-12-15(5-6-22-19)24-7-9-26-10-8-24)23-13-18-17-11-14-3-1-2-4-16(14)20(17)18/h1-6,12,17-18,20H,7-11,13H2,(H,23,25). The summed E-state index contributed by atoms with van der Waals surface area (Å²) in [5, 5.41) is 3.11. The molecule has 1 saturated carbocycles. The molecule has 1 N–H and O–H groups in total. The summed E-state index contributed by atoms with van der Waals surface area (Å²) in [5.74, 6) is 1.86. The number of carbonyl (C=O) groups excluding carboxylic acids is 1. The van der Waals surface area contributed by atoms with Gasteiger partial charge < -0.3 is 15.0 Å². The first-order valence-electron chi connectivity index (χ1n) is 9.46. The Bertz CT molecular complexity index is 832. The summed E-state index contributed by atoms with van der Waals surface area (Å²) in [7, 11) is 0. The summed E-state index contributed by atoms with van der Waals surface area (Å²) in [5.41, 5.74) is 4.53. The Labute approximate surface area is 153 Å². The topological polar surface area (TPSA) is 54.5 Å². The molecule has 1 aliphatic heterocycles. The molecule has 5 heteroatoms. The Balaban J connectivity index is 1.21. The maximum Gasteiger partial charge on any atom is 0.269 e. The van der Waals surface area contributed by atoms with Gasteiger partial charge >= 0.3 is 0 Å². The number of nitrogens with zero attached hydrogens (tertiary/aromatic N) is 2. The molecule has 0 spiro atoms. The molecule has 3 unspecified atom stereocenters. The fourth-order valence-electron chi connectivity index (χ4n) is 4.63. The minimum absolute atomic E-state index is 0.0710. The van der Waals surface area contributed by atoms with E-state index in [2.05, 4.69) is 39.5 Å². The van der Waals surface area contributed by atoms with Crippen molar-refractivity contribution in [3.05, 3.63) is 59.4 Å². The first-order chi connectivity index (χ1) is 12.8. The van der Waals surface area contributed by atoms with Gasteiger partial charge in [-0.1, -0.05) is 24.3 Å². The molecule has 2 aliphatic carbocycles. The van der Waals surface area contributed by atoms with E-state index in [9.17, 15) is 4.79 Å². The van der Waals surface area contributed by atoms with E-state index in [1.807, 2.05) is 12.1 Å². The van der Waals surface area contributed by atoms with E-state index in [1.165, 1.54) is 11.1 Å². The van der Waals surface area contributed by atoms with E-state index in [-0.39, 0.29) is 5.91 Å². The molecule has 2 fully saturated rings. The van der Waals surface area contributed by atoms with Crippen LogP contribution in [0.15, 0.2) is 42.6 Å². The molecule has 0 radical (unpaired) electrons. The van der Waals surface area contributed by atoms with Crippen LogP contribution in [-0.4, -0.2) is 43.7 Å². The van der Waals surface area contributed by atoms with Crippen molar-refractivity contribution in [3.8, 4) is 0 Å². The summed E-state index contributed by atoms with van der Waals surface area (Å²) < 4.78 is 5.40. The Hall–Kier alpha value is -2.40. The van der Waals surface area contributed by atoms with E-state index >= 15 is 0 Å². The molecule has 5 rings (SSSR count). The molecule has 2 aromatic rings. The number of rotatable bonds is 4. The number of ether oxygens (including phenoxy) is 1. The molecular formula is C21H23N3O2. The van der Waals surface area contributed by atoms with Crippen LogP contribution in [0.2, 0.25) is 0 Å². The van der Waals surface area contributed by atoms with Crippen LogP contribution in [0.5, 0.6) is 0 Å². The highest BCUT2D eigenvalue weighted by atomic mass is 16.5. The van der Waals surface area contributed by atoms with Gasteiger partial charge in [-0.15, -0.1) is 0 Å². The fraction of sp³-hybridized carbons (Fsp3) is 0.429. The highest BCUT2D eigenvalue weighted by Gasteiger charge is 2.55. The summed E-state index contributed by atoms with van der Waals surface area (Å²) in [6.07, 6.45) is 2.88. The predicted octanol–water partition coefficient (Wildman–Crippen LogP) is 2.23. The number of fused-ring (bicyclic) bond motifs is 3. The summed E-state index contributed by atoms with van der Waals surface area (Å²) in [6.45, 7) is 3.92. The average Bonchev–Trinajstić information content (AvgIpc) is 3.24. The second-order valence-electron chi connectivity index (χ2n) is 7.47. The van der Waals surface area contributed by atoms with Gasteiger partial charge in [0.05, 0.1) is 13.2 Å². The van der Waals surface area contributed by atoms with Crippen LogP contribution in [0.25, 0.3) is 0 Å². The van der Waals surface area contributed by atoms with Crippen molar-refractivity contribution in [2.45, 2.75) is 12.3 Å². The zero-order chi connectivity index (χ0) is 17.5. The SMILES string of the molecule is O=C(NCC1C2Cc3ccccc3C12)c1cc(N2CCOCC2)ccn1. The van der Waals surface area contributed by atoms with Crippen molar-refractivity contribution in [1.82, 2.24) is 10.3 Å². The van der Waals surface area contributed by atoms with E-state index in [0.29, 0.717) is 23.4 Å². The van der Waals surface area contributed by atoms with Crippen LogP contribution in [0.1, 0.15) is 27.5 Å². The van der Waals surface area contributed by atoms with E-state index in [0.717, 1.165) is 45.0 Å². The van der Waals surface area contributed by atoms with Crippen molar-refractivity contribution in [3.63, 3.8) is 0 Å². The Kier molecular flexibility index (Phi) is 3.89. The third-order valence-corrected chi connectivity index (χ3v) is 6.05. The first-order valence-corrected chi connectivity index (χ1v) is 9.46. The number of carbonyl (C=O) groups is 1. The number of nitrogens with one attached hydrogen (secondary N) is 1. The van der Waals surface area contributed by atoms with Crippen LogP contribution < -0.4 is 10.2 Å². The number of benzene rings is 1. The molecule has 134 valence electrons. The largest absolute Gasteiger partial charge is 0.378 e. The van der Waals surface area contributed by atoms with Crippen LogP contribution in [0, 0.1) is 11.8 Å². The number of aromatic nitrogens is 1. The van der Waals surface area contributed by atoms with Gasteiger partial charge in [-0.25, -0.2) is 0 Å². The van der Waals surface area contributed by atoms with Crippen molar-refractivity contribution < 1.29 is 9.53 Å². The van der Waals surface area contributed by atoms with Gasteiger partial charge in [-0.05, 0) is 47.4 Å². The molecule has 3 atom stereocenters. The predicted molar refractivity (Wildman–Crippen MR) is 99.5 cm³/mol. The van der Waals surface area contributed by atoms with Crippen molar-refractivity contribution in [2.24, 2.45) is 11.8 Å². The normalized spacial score (nSPS) is 26.2. The highest BCUT2D eigenvalue weighted by Crippen LogP contribution is 2.60. The summed E-state index contributed by atoms with van der Waals surface area (Å²) in [4.78, 5) is 19.1. The first kappa shape index (κ1) is 15.8. The minimum atomic E-state index is -0.0710. The average molecular weight is 349 g/mol. The lowest BCUT2D eigenvalue weighted by Crippen LogP contribution is -2.36. The van der Waals surface area contributed by atoms with Gasteiger partial charge in [0, 0.05) is 31.5 Å². The molecule has 3 aliphatic rings. The molecule has 2 heterocycles. The Morgan fingerprint density at radius 1 is 1.23 bits per heavy atom. The maximum absolute atomic E-state index is 12.6. The molecule has 0 bridgehead atoms. The maximum atomic E-state index is 12.6. The minimum Gasteiger partial charge on any atom is -0.378 e. The Morgan fingerprint density at radius 2 is 2.08 bits per heavy atom. The number of hydrogen-bond donors (Lipinski definition) is 1. The Morgan fingerprint density at radius 3 is 2.96 bits per heavy atom. The number of pyridine rings is 1. The molecular weight excluding hydrogens is 326 g/mol. The number of amides is 1. The second kappa shape index (κ2) is 6.40. The molecule has 5 nitrogen and oxygen atoms in total. The molecule has 26 heavy (non-hydrogen) atoms. The smallest absolute Gasteiger partial charge is 0.269 e. The van der Waals surface area contributed by atoms with Gasteiger partial charge in [0.1, 0.15) is 5.69 Å². The van der Waals surface area contributed by atoms with Gasteiger partial charge in [0.2, 0.25) is 0 Å². The number of hydrogen-bond acceptors (Lipinski definition) is 4. The molecule has 1 saturated heterocycles. The lowest BCUT2D eigenvalue weighted by Gasteiger charge is -2.28. The zero-order valence-corrected chi connectivity index (χ0v) is 14.7.